The van der Waals surface area contributed by atoms with E-state index in [1.807, 2.05) is 54.6 Å². The van der Waals surface area contributed by atoms with Crippen LogP contribution in [-0.2, 0) is 16.0 Å². The molecule has 0 aromatic heterocycles. The van der Waals surface area contributed by atoms with Crippen molar-refractivity contribution in [1.29, 1.82) is 0 Å². The van der Waals surface area contributed by atoms with Crippen molar-refractivity contribution in [2.75, 3.05) is 18.0 Å². The Labute approximate surface area is 147 Å². The van der Waals surface area contributed by atoms with Crippen LogP contribution in [0.3, 0.4) is 0 Å². The summed E-state index contributed by atoms with van der Waals surface area (Å²) in [4.78, 5) is 25.4. The molecule has 0 aliphatic carbocycles. The quantitative estimate of drug-likeness (QED) is 0.836. The Morgan fingerprint density at radius 1 is 1.04 bits per heavy atom. The minimum Gasteiger partial charge on any atom is -0.356 e. The van der Waals surface area contributed by atoms with Crippen LogP contribution in [0.15, 0.2) is 54.6 Å². The van der Waals surface area contributed by atoms with Crippen LogP contribution in [0.1, 0.15) is 18.9 Å². The third-order valence-electron chi connectivity index (χ3n) is 3.66. The van der Waals surface area contributed by atoms with Crippen LogP contribution in [0, 0.1) is 0 Å². The van der Waals surface area contributed by atoms with Gasteiger partial charge < -0.3 is 10.2 Å². The van der Waals surface area contributed by atoms with Crippen LogP contribution in [0.4, 0.5) is 5.69 Å². The van der Waals surface area contributed by atoms with Crippen molar-refractivity contribution in [2.45, 2.75) is 19.8 Å². The zero-order valence-corrected chi connectivity index (χ0v) is 14.4. The van der Waals surface area contributed by atoms with Crippen LogP contribution >= 0.6 is 11.6 Å². The minimum atomic E-state index is -0.0739. The van der Waals surface area contributed by atoms with Gasteiger partial charge in [-0.3, -0.25) is 9.59 Å². The van der Waals surface area contributed by atoms with Gasteiger partial charge in [-0.25, -0.2) is 0 Å². The van der Waals surface area contributed by atoms with E-state index in [1.165, 1.54) is 6.92 Å². The fourth-order valence-corrected chi connectivity index (χ4v) is 2.50. The second-order valence-corrected chi connectivity index (χ2v) is 5.92. The summed E-state index contributed by atoms with van der Waals surface area (Å²) in [5.74, 6) is -0.138. The van der Waals surface area contributed by atoms with E-state index in [0.717, 1.165) is 17.7 Å². The molecule has 0 fully saturated rings. The third kappa shape index (κ3) is 5.70. The summed E-state index contributed by atoms with van der Waals surface area (Å²) in [6.45, 7) is 2.43. The van der Waals surface area contributed by atoms with Gasteiger partial charge in [0.25, 0.3) is 0 Å². The summed E-state index contributed by atoms with van der Waals surface area (Å²) in [6.07, 6.45) is 1.02. The molecular weight excluding hydrogens is 324 g/mol. The second-order valence-electron chi connectivity index (χ2n) is 5.48. The first-order valence-corrected chi connectivity index (χ1v) is 8.28. The van der Waals surface area contributed by atoms with E-state index in [4.69, 9.17) is 11.6 Å². The van der Waals surface area contributed by atoms with Gasteiger partial charge in [0, 0.05) is 37.1 Å². The Hall–Kier alpha value is -2.33. The molecule has 0 unspecified atom stereocenters. The summed E-state index contributed by atoms with van der Waals surface area (Å²) in [5.41, 5.74) is 1.92. The molecule has 1 N–H and O–H groups in total. The maximum absolute atomic E-state index is 12.0. The number of hydrogen-bond acceptors (Lipinski definition) is 2. The van der Waals surface area contributed by atoms with Crippen molar-refractivity contribution in [2.24, 2.45) is 0 Å². The van der Waals surface area contributed by atoms with Crippen molar-refractivity contribution >= 4 is 29.1 Å². The van der Waals surface area contributed by atoms with E-state index in [9.17, 15) is 9.59 Å². The molecule has 0 aliphatic rings. The highest BCUT2D eigenvalue weighted by Crippen LogP contribution is 2.13. The largest absolute Gasteiger partial charge is 0.356 e. The lowest BCUT2D eigenvalue weighted by Crippen LogP contribution is -2.34. The summed E-state index contributed by atoms with van der Waals surface area (Å²) in [7, 11) is 0. The van der Waals surface area contributed by atoms with E-state index in [0.29, 0.717) is 18.1 Å². The lowest BCUT2D eigenvalue weighted by Gasteiger charge is -2.20. The predicted molar refractivity (Wildman–Crippen MR) is 97.3 cm³/mol. The average Bonchev–Trinajstić information content (AvgIpc) is 2.57. The van der Waals surface area contributed by atoms with Gasteiger partial charge in [0.2, 0.25) is 11.8 Å². The van der Waals surface area contributed by atoms with Gasteiger partial charge in [-0.1, -0.05) is 41.9 Å². The first-order chi connectivity index (χ1) is 11.6. The van der Waals surface area contributed by atoms with Crippen LogP contribution < -0.4 is 10.2 Å². The number of anilines is 1. The highest BCUT2D eigenvalue weighted by molar-refractivity contribution is 6.30. The number of carbonyl (C=O) groups excluding carboxylic acids is 2. The molecule has 0 spiro atoms. The number of hydrogen-bond donors (Lipinski definition) is 1. The number of benzene rings is 2. The Morgan fingerprint density at radius 3 is 2.33 bits per heavy atom. The van der Waals surface area contributed by atoms with Crippen LogP contribution in [0.5, 0.6) is 0 Å². The van der Waals surface area contributed by atoms with Gasteiger partial charge in [0.05, 0.1) is 0 Å². The number of nitrogens with one attached hydrogen (secondary N) is 1. The molecule has 24 heavy (non-hydrogen) atoms. The number of halogens is 1. The fourth-order valence-electron chi connectivity index (χ4n) is 2.38. The zero-order chi connectivity index (χ0) is 17.4. The topological polar surface area (TPSA) is 49.4 Å². The van der Waals surface area contributed by atoms with E-state index in [1.54, 1.807) is 4.90 Å². The number of para-hydroxylation sites is 1. The summed E-state index contributed by atoms with van der Waals surface area (Å²) in [6, 6.07) is 16.9. The average molecular weight is 345 g/mol. The Bertz CT molecular complexity index is 672. The first-order valence-electron chi connectivity index (χ1n) is 7.90. The molecule has 2 amide bonds. The molecule has 0 heterocycles. The number of amides is 2. The van der Waals surface area contributed by atoms with Gasteiger partial charge >= 0.3 is 0 Å². The lowest BCUT2D eigenvalue weighted by molar-refractivity contribution is -0.121. The molecule has 0 aliphatic heterocycles. The molecule has 0 radical (unpaired) electrons. The van der Waals surface area contributed by atoms with Crippen molar-refractivity contribution < 1.29 is 9.59 Å². The van der Waals surface area contributed by atoms with Gasteiger partial charge in [-0.15, -0.1) is 0 Å². The van der Waals surface area contributed by atoms with Crippen molar-refractivity contribution in [3.63, 3.8) is 0 Å². The summed E-state index contributed by atoms with van der Waals surface area (Å²) >= 11 is 5.84. The van der Waals surface area contributed by atoms with E-state index in [2.05, 4.69) is 5.32 Å². The predicted octanol–water partition coefficient (Wildman–Crippen LogP) is 3.44. The van der Waals surface area contributed by atoms with Crippen molar-refractivity contribution in [3.8, 4) is 0 Å². The molecule has 2 aromatic rings. The molecule has 0 saturated carbocycles. The molecule has 0 atom stereocenters. The number of carbonyl (C=O) groups is 2. The zero-order valence-electron chi connectivity index (χ0n) is 13.7. The summed E-state index contributed by atoms with van der Waals surface area (Å²) < 4.78 is 0. The monoisotopic (exact) mass is 344 g/mol. The van der Waals surface area contributed by atoms with Crippen molar-refractivity contribution in [3.05, 3.63) is 65.2 Å². The van der Waals surface area contributed by atoms with Crippen molar-refractivity contribution in [1.82, 2.24) is 5.32 Å². The Kier molecular flexibility index (Phi) is 6.82. The van der Waals surface area contributed by atoms with Gasteiger partial charge in [-0.2, -0.15) is 0 Å². The molecule has 5 heteroatoms. The highest BCUT2D eigenvalue weighted by Gasteiger charge is 2.12. The Morgan fingerprint density at radius 2 is 1.71 bits per heavy atom. The second kappa shape index (κ2) is 9.08. The maximum atomic E-state index is 12.0. The number of nitrogens with zero attached hydrogens (tertiary/aromatic N) is 1. The normalized spacial score (nSPS) is 10.2. The SMILES string of the molecule is CC(=O)N(CCC(=O)NCCc1ccc(Cl)cc1)c1ccccc1. The first kappa shape index (κ1) is 18.0. The standard InChI is InChI=1S/C19H21ClN2O2/c1-15(23)22(18-5-3-2-4-6-18)14-12-19(24)21-13-11-16-7-9-17(20)10-8-16/h2-10H,11-14H2,1H3,(H,21,24). The molecule has 0 saturated heterocycles. The number of rotatable bonds is 7. The molecule has 2 aromatic carbocycles. The minimum absolute atomic E-state index is 0.0638. The molecule has 126 valence electrons. The molecule has 4 nitrogen and oxygen atoms in total. The van der Waals surface area contributed by atoms with E-state index >= 15 is 0 Å². The van der Waals surface area contributed by atoms with Gasteiger partial charge in [0.15, 0.2) is 0 Å². The molecular formula is C19H21ClN2O2. The van der Waals surface area contributed by atoms with Crippen LogP contribution in [-0.4, -0.2) is 24.9 Å². The van der Waals surface area contributed by atoms with Crippen LogP contribution in [0.25, 0.3) is 0 Å². The van der Waals surface area contributed by atoms with Gasteiger partial charge in [0.1, 0.15) is 0 Å². The van der Waals surface area contributed by atoms with Crippen LogP contribution in [0.2, 0.25) is 5.02 Å². The molecule has 2 rings (SSSR count). The highest BCUT2D eigenvalue weighted by atomic mass is 35.5. The fraction of sp³-hybridized carbons (Fsp3) is 0.263. The lowest BCUT2D eigenvalue weighted by atomic mass is 10.1. The Balaban J connectivity index is 1.77. The van der Waals surface area contributed by atoms with Gasteiger partial charge in [-0.05, 0) is 36.2 Å². The summed E-state index contributed by atoms with van der Waals surface area (Å²) in [5, 5.41) is 3.58. The third-order valence-corrected chi connectivity index (χ3v) is 3.91. The maximum Gasteiger partial charge on any atom is 0.223 e. The smallest absolute Gasteiger partial charge is 0.223 e. The van der Waals surface area contributed by atoms with E-state index < -0.39 is 0 Å². The molecule has 0 bridgehead atoms. The van der Waals surface area contributed by atoms with E-state index in [-0.39, 0.29) is 18.2 Å².